The molecule has 0 bridgehead atoms. The molecule has 146 valence electrons. The van der Waals surface area contributed by atoms with Crippen LogP contribution in [0.1, 0.15) is 24.8 Å². The van der Waals surface area contributed by atoms with E-state index in [1.165, 1.54) is 19.3 Å². The molecule has 1 aliphatic rings. The Morgan fingerprint density at radius 2 is 1.92 bits per heavy atom. The third kappa shape index (κ3) is 5.13. The number of guanidine groups is 1. The molecule has 7 heteroatoms. The summed E-state index contributed by atoms with van der Waals surface area (Å²) in [5, 5.41) is 7.70. The molecule has 0 aromatic heterocycles. The van der Waals surface area contributed by atoms with E-state index in [4.69, 9.17) is 14.2 Å². The molecule has 0 amide bonds. The zero-order chi connectivity index (χ0) is 18.9. The molecule has 0 aliphatic heterocycles. The standard InChI is InChI=1S/C19H31N3O3S/c1-20-19(22-14-7-8-15(12-14)26-5)21-11-10-13-6-9-16(23-2)18(25-4)17(13)24-3/h6,9,14-15H,7-8,10-12H2,1-5H3,(H2,20,21,22). The van der Waals surface area contributed by atoms with Gasteiger partial charge in [-0.2, -0.15) is 11.8 Å². The molecule has 1 saturated carbocycles. The Balaban J connectivity index is 1.92. The molecule has 0 spiro atoms. The number of hydrogen-bond donors (Lipinski definition) is 2. The topological polar surface area (TPSA) is 64.1 Å². The normalized spacial score (nSPS) is 20.0. The quantitative estimate of drug-likeness (QED) is 0.533. The van der Waals surface area contributed by atoms with Gasteiger partial charge in [0.2, 0.25) is 5.75 Å². The number of hydrogen-bond acceptors (Lipinski definition) is 5. The van der Waals surface area contributed by atoms with Crippen molar-refractivity contribution in [2.75, 3.05) is 41.2 Å². The Kier molecular flexibility index (Phi) is 8.22. The predicted octanol–water partition coefficient (Wildman–Crippen LogP) is 2.70. The summed E-state index contributed by atoms with van der Waals surface area (Å²) in [6.45, 7) is 0.754. The SMILES string of the molecule is CN=C(NCCc1ccc(OC)c(OC)c1OC)NC1CCC(SC)C1. The molecule has 2 unspecified atom stereocenters. The maximum Gasteiger partial charge on any atom is 0.203 e. The van der Waals surface area contributed by atoms with Crippen molar-refractivity contribution in [3.63, 3.8) is 0 Å². The van der Waals surface area contributed by atoms with E-state index in [1.807, 2.05) is 30.9 Å². The summed E-state index contributed by atoms with van der Waals surface area (Å²) in [4.78, 5) is 4.35. The van der Waals surface area contributed by atoms with Crippen LogP contribution in [-0.2, 0) is 6.42 Å². The van der Waals surface area contributed by atoms with Gasteiger partial charge in [0.1, 0.15) is 0 Å². The van der Waals surface area contributed by atoms with Crippen LogP contribution in [0.15, 0.2) is 17.1 Å². The van der Waals surface area contributed by atoms with E-state index < -0.39 is 0 Å². The first-order chi connectivity index (χ1) is 12.7. The summed E-state index contributed by atoms with van der Waals surface area (Å²) in [6, 6.07) is 4.43. The second kappa shape index (κ2) is 10.4. The lowest BCUT2D eigenvalue weighted by atomic mass is 10.1. The van der Waals surface area contributed by atoms with Crippen LogP contribution in [0.2, 0.25) is 0 Å². The fourth-order valence-corrected chi connectivity index (χ4v) is 4.15. The van der Waals surface area contributed by atoms with Crippen LogP contribution in [0.3, 0.4) is 0 Å². The van der Waals surface area contributed by atoms with Crippen molar-refractivity contribution >= 4 is 17.7 Å². The van der Waals surface area contributed by atoms with Gasteiger partial charge >= 0.3 is 0 Å². The number of ether oxygens (including phenoxy) is 3. The van der Waals surface area contributed by atoms with Gasteiger partial charge in [-0.15, -0.1) is 0 Å². The van der Waals surface area contributed by atoms with Crippen molar-refractivity contribution < 1.29 is 14.2 Å². The second-order valence-corrected chi connectivity index (χ2v) is 7.39. The van der Waals surface area contributed by atoms with Gasteiger partial charge < -0.3 is 24.8 Å². The lowest BCUT2D eigenvalue weighted by Gasteiger charge is -2.18. The van der Waals surface area contributed by atoms with Gasteiger partial charge in [-0.25, -0.2) is 0 Å². The summed E-state index contributed by atoms with van der Waals surface area (Å²) in [6.07, 6.45) is 6.67. The van der Waals surface area contributed by atoms with Gasteiger partial charge in [-0.3, -0.25) is 4.99 Å². The van der Waals surface area contributed by atoms with E-state index >= 15 is 0 Å². The molecular formula is C19H31N3O3S. The predicted molar refractivity (Wildman–Crippen MR) is 109 cm³/mol. The van der Waals surface area contributed by atoms with Crippen LogP contribution in [0.25, 0.3) is 0 Å². The molecule has 1 fully saturated rings. The maximum absolute atomic E-state index is 5.54. The van der Waals surface area contributed by atoms with Gasteiger partial charge in [0.15, 0.2) is 17.5 Å². The molecule has 2 atom stereocenters. The van der Waals surface area contributed by atoms with Gasteiger partial charge in [0.25, 0.3) is 0 Å². The van der Waals surface area contributed by atoms with Gasteiger partial charge in [0, 0.05) is 30.4 Å². The van der Waals surface area contributed by atoms with Crippen LogP contribution >= 0.6 is 11.8 Å². The van der Waals surface area contributed by atoms with Crippen LogP contribution in [0.4, 0.5) is 0 Å². The van der Waals surface area contributed by atoms with Crippen LogP contribution in [-0.4, -0.2) is 58.4 Å². The van der Waals surface area contributed by atoms with Crippen LogP contribution in [0.5, 0.6) is 17.2 Å². The summed E-state index contributed by atoms with van der Waals surface area (Å²) < 4.78 is 16.3. The number of nitrogens with zero attached hydrogens (tertiary/aromatic N) is 1. The lowest BCUT2D eigenvalue weighted by molar-refractivity contribution is 0.322. The number of nitrogens with one attached hydrogen (secondary N) is 2. The number of thioether (sulfide) groups is 1. The average molecular weight is 382 g/mol. The van der Waals surface area contributed by atoms with Gasteiger partial charge in [-0.05, 0) is 38.0 Å². The smallest absolute Gasteiger partial charge is 0.203 e. The van der Waals surface area contributed by atoms with Crippen molar-refractivity contribution in [1.29, 1.82) is 0 Å². The van der Waals surface area contributed by atoms with Crippen LogP contribution in [0, 0.1) is 0 Å². The highest BCUT2D eigenvalue weighted by Gasteiger charge is 2.24. The minimum Gasteiger partial charge on any atom is -0.493 e. The number of aliphatic imine (C=N–C) groups is 1. The molecule has 0 heterocycles. The molecular weight excluding hydrogens is 350 g/mol. The van der Waals surface area contributed by atoms with Crippen LogP contribution < -0.4 is 24.8 Å². The summed E-state index contributed by atoms with van der Waals surface area (Å²) in [5.41, 5.74) is 1.07. The Bertz CT molecular complexity index is 610. The zero-order valence-electron chi connectivity index (χ0n) is 16.4. The molecule has 0 saturated heterocycles. The largest absolute Gasteiger partial charge is 0.493 e. The van der Waals surface area contributed by atoms with Crippen molar-refractivity contribution in [1.82, 2.24) is 10.6 Å². The van der Waals surface area contributed by atoms with Gasteiger partial charge in [0.05, 0.1) is 21.3 Å². The molecule has 6 nitrogen and oxygen atoms in total. The highest BCUT2D eigenvalue weighted by atomic mass is 32.2. The second-order valence-electron chi connectivity index (χ2n) is 6.25. The number of rotatable bonds is 8. The molecule has 2 N–H and O–H groups in total. The minimum atomic E-state index is 0.509. The monoisotopic (exact) mass is 381 g/mol. The number of methoxy groups -OCH3 is 3. The van der Waals surface area contributed by atoms with Crippen molar-refractivity contribution in [3.05, 3.63) is 17.7 Å². The van der Waals surface area contributed by atoms with Crippen molar-refractivity contribution in [2.45, 2.75) is 37.0 Å². The zero-order valence-corrected chi connectivity index (χ0v) is 17.2. The first-order valence-corrected chi connectivity index (χ1v) is 10.2. The third-order valence-electron chi connectivity index (χ3n) is 4.75. The fraction of sp³-hybridized carbons (Fsp3) is 0.632. The highest BCUT2D eigenvalue weighted by molar-refractivity contribution is 7.99. The lowest BCUT2D eigenvalue weighted by Crippen LogP contribution is -2.43. The molecule has 1 aromatic rings. The van der Waals surface area contributed by atoms with Crippen molar-refractivity contribution in [3.8, 4) is 17.2 Å². The molecule has 1 aromatic carbocycles. The van der Waals surface area contributed by atoms with E-state index in [0.29, 0.717) is 17.5 Å². The van der Waals surface area contributed by atoms with Crippen molar-refractivity contribution in [2.24, 2.45) is 4.99 Å². The van der Waals surface area contributed by atoms with Gasteiger partial charge in [-0.1, -0.05) is 6.07 Å². The van der Waals surface area contributed by atoms with E-state index in [0.717, 1.165) is 35.5 Å². The Morgan fingerprint density at radius 1 is 1.15 bits per heavy atom. The molecule has 26 heavy (non-hydrogen) atoms. The first kappa shape index (κ1) is 20.6. The van der Waals surface area contributed by atoms with E-state index in [2.05, 4.69) is 21.9 Å². The fourth-order valence-electron chi connectivity index (χ4n) is 3.35. The Hall–Kier alpha value is -1.76. The molecule has 2 rings (SSSR count). The third-order valence-corrected chi connectivity index (χ3v) is 5.85. The highest BCUT2D eigenvalue weighted by Crippen LogP contribution is 2.39. The Labute approximate surface area is 161 Å². The molecule has 1 aliphatic carbocycles. The summed E-state index contributed by atoms with van der Waals surface area (Å²) in [5.74, 6) is 2.87. The molecule has 0 radical (unpaired) electrons. The summed E-state index contributed by atoms with van der Waals surface area (Å²) in [7, 11) is 6.71. The minimum absolute atomic E-state index is 0.509. The van der Waals surface area contributed by atoms with E-state index in [-0.39, 0.29) is 0 Å². The average Bonchev–Trinajstić information content (AvgIpc) is 3.13. The maximum atomic E-state index is 5.54. The first-order valence-electron chi connectivity index (χ1n) is 8.94. The summed E-state index contributed by atoms with van der Waals surface area (Å²) >= 11 is 1.96. The van der Waals surface area contributed by atoms with E-state index in [9.17, 15) is 0 Å². The number of benzene rings is 1. The Morgan fingerprint density at radius 3 is 2.50 bits per heavy atom. The van der Waals surface area contributed by atoms with E-state index in [1.54, 1.807) is 21.3 Å².